The van der Waals surface area contributed by atoms with Crippen molar-refractivity contribution < 1.29 is 24.3 Å². The lowest BCUT2D eigenvalue weighted by atomic mass is 9.94. The maximum absolute atomic E-state index is 13.0. The first-order chi connectivity index (χ1) is 14.8. The predicted octanol–water partition coefficient (Wildman–Crippen LogP) is 2.13. The van der Waals surface area contributed by atoms with Gasteiger partial charge in [0.1, 0.15) is 11.5 Å². The summed E-state index contributed by atoms with van der Waals surface area (Å²) >= 11 is 0. The summed E-state index contributed by atoms with van der Waals surface area (Å²) < 4.78 is 5.30. The molecule has 3 rings (SSSR count). The van der Waals surface area contributed by atoms with Crippen LogP contribution in [0.1, 0.15) is 35.2 Å². The number of aliphatic hydroxyl groups excluding tert-OH is 1. The second-order valence-electron chi connectivity index (χ2n) is 8.23. The third-order valence-corrected chi connectivity index (χ3v) is 5.76. The number of likely N-dealkylation sites (tertiary alicyclic amines) is 1. The number of Topliss-reactive ketones (excluding diaryl/α,β-unsaturated/α-hetero) is 1. The number of aliphatic hydroxyl groups is 1. The molecule has 6 heteroatoms. The van der Waals surface area contributed by atoms with Crippen molar-refractivity contribution in [2.75, 3.05) is 34.3 Å². The summed E-state index contributed by atoms with van der Waals surface area (Å²) in [6, 6.07) is 12.5. The van der Waals surface area contributed by atoms with Gasteiger partial charge in [0.15, 0.2) is 0 Å². The Morgan fingerprint density at radius 1 is 1.13 bits per heavy atom. The van der Waals surface area contributed by atoms with Crippen molar-refractivity contribution in [3.8, 4) is 5.75 Å². The van der Waals surface area contributed by atoms with Gasteiger partial charge in [-0.1, -0.05) is 31.2 Å². The molecule has 2 aromatic carbocycles. The summed E-state index contributed by atoms with van der Waals surface area (Å²) in [4.78, 5) is 28.7. The van der Waals surface area contributed by atoms with Gasteiger partial charge in [0, 0.05) is 5.56 Å². The fourth-order valence-corrected chi connectivity index (χ4v) is 3.92. The van der Waals surface area contributed by atoms with Crippen LogP contribution in [0.4, 0.5) is 0 Å². The molecule has 1 amide bonds. The smallest absolute Gasteiger partial charge is 0.295 e. The molecule has 6 nitrogen and oxygen atoms in total. The second-order valence-corrected chi connectivity index (χ2v) is 8.23. The minimum absolute atomic E-state index is 0.132. The van der Waals surface area contributed by atoms with Gasteiger partial charge in [-0.3, -0.25) is 9.59 Å². The monoisotopic (exact) mass is 423 g/mol. The molecule has 0 aromatic heterocycles. The van der Waals surface area contributed by atoms with E-state index in [1.54, 1.807) is 30.2 Å². The van der Waals surface area contributed by atoms with E-state index in [2.05, 4.69) is 6.92 Å². The average molecular weight is 424 g/mol. The highest BCUT2D eigenvalue weighted by molar-refractivity contribution is 6.46. The molecule has 31 heavy (non-hydrogen) atoms. The number of ketones is 1. The Kier molecular flexibility index (Phi) is 6.81. The number of rotatable bonds is 7. The second kappa shape index (κ2) is 9.35. The lowest BCUT2D eigenvalue weighted by Crippen LogP contribution is -3.06. The Morgan fingerprint density at radius 2 is 1.81 bits per heavy atom. The number of carbonyl (C=O) groups is 2. The van der Waals surface area contributed by atoms with Crippen LogP contribution in [0.25, 0.3) is 5.76 Å². The molecule has 1 heterocycles. The van der Waals surface area contributed by atoms with Gasteiger partial charge in [-0.05, 0) is 48.2 Å². The molecule has 0 saturated carbocycles. The van der Waals surface area contributed by atoms with Gasteiger partial charge in [-0.2, -0.15) is 0 Å². The first-order valence-electron chi connectivity index (χ1n) is 10.6. The van der Waals surface area contributed by atoms with Crippen LogP contribution in [0.2, 0.25) is 0 Å². The van der Waals surface area contributed by atoms with Crippen molar-refractivity contribution in [2.45, 2.75) is 26.3 Å². The molecule has 2 N–H and O–H groups in total. The standard InChI is InChI=1S/C25H30N2O4/c1-6-17-7-9-18(10-8-17)22-21(24(29)25(30)27(22)14-13-26(3)4)23(28)19-11-12-20(31-5)16(2)15-19/h7-12,15,22,28H,6,13-14H2,1-5H3/p+1/t22-/m1/s1. The Morgan fingerprint density at radius 3 is 2.35 bits per heavy atom. The topological polar surface area (TPSA) is 71.3 Å². The zero-order valence-electron chi connectivity index (χ0n) is 18.9. The lowest BCUT2D eigenvalue weighted by molar-refractivity contribution is -0.857. The Labute approximate surface area is 183 Å². The number of benzene rings is 2. The minimum atomic E-state index is -0.649. The van der Waals surface area contributed by atoms with E-state index in [0.717, 1.165) is 17.5 Å². The van der Waals surface area contributed by atoms with Crippen molar-refractivity contribution in [3.63, 3.8) is 0 Å². The molecule has 0 unspecified atom stereocenters. The number of likely N-dealkylation sites (N-methyl/N-ethyl adjacent to an activating group) is 1. The van der Waals surface area contributed by atoms with Crippen molar-refractivity contribution in [1.82, 2.24) is 4.90 Å². The van der Waals surface area contributed by atoms with E-state index in [1.807, 2.05) is 45.3 Å². The molecule has 1 saturated heterocycles. The summed E-state index contributed by atoms with van der Waals surface area (Å²) in [6.07, 6.45) is 0.898. The molecule has 0 radical (unpaired) electrons. The van der Waals surface area contributed by atoms with Crippen LogP contribution in [0.15, 0.2) is 48.0 Å². The van der Waals surface area contributed by atoms with Crippen LogP contribution in [-0.4, -0.2) is 56.0 Å². The van der Waals surface area contributed by atoms with Crippen LogP contribution in [0.5, 0.6) is 5.75 Å². The van der Waals surface area contributed by atoms with Gasteiger partial charge in [0.25, 0.3) is 11.7 Å². The Bertz CT molecular complexity index is 1010. The van der Waals surface area contributed by atoms with E-state index in [0.29, 0.717) is 24.4 Å². The summed E-state index contributed by atoms with van der Waals surface area (Å²) in [5.41, 5.74) is 3.44. The highest BCUT2D eigenvalue weighted by atomic mass is 16.5. The SMILES string of the molecule is CCc1ccc([C@@H]2C(=C(O)c3ccc(OC)c(C)c3)C(=O)C(=O)N2CC[NH+](C)C)cc1. The van der Waals surface area contributed by atoms with Gasteiger partial charge in [0.05, 0.1) is 45.9 Å². The summed E-state index contributed by atoms with van der Waals surface area (Å²) in [5.74, 6) is -0.687. The normalized spacial score (nSPS) is 18.1. The maximum atomic E-state index is 13.0. The zero-order chi connectivity index (χ0) is 22.7. The van der Waals surface area contributed by atoms with Crippen molar-refractivity contribution in [2.24, 2.45) is 0 Å². The largest absolute Gasteiger partial charge is 0.507 e. The highest BCUT2D eigenvalue weighted by Crippen LogP contribution is 2.39. The molecule has 0 bridgehead atoms. The number of amides is 1. The number of hydrogen-bond donors (Lipinski definition) is 2. The van der Waals surface area contributed by atoms with Crippen LogP contribution >= 0.6 is 0 Å². The van der Waals surface area contributed by atoms with Gasteiger partial charge in [0.2, 0.25) is 0 Å². The maximum Gasteiger partial charge on any atom is 0.295 e. The summed E-state index contributed by atoms with van der Waals surface area (Å²) in [5, 5.41) is 11.2. The molecular formula is C25H31N2O4+. The Balaban J connectivity index is 2.14. The minimum Gasteiger partial charge on any atom is -0.507 e. The van der Waals surface area contributed by atoms with E-state index >= 15 is 0 Å². The number of methoxy groups -OCH3 is 1. The van der Waals surface area contributed by atoms with E-state index in [-0.39, 0.29) is 11.3 Å². The number of aryl methyl sites for hydroxylation is 2. The Hall–Kier alpha value is -3.12. The number of hydrogen-bond acceptors (Lipinski definition) is 4. The number of carbonyl (C=O) groups excluding carboxylic acids is 2. The molecule has 164 valence electrons. The van der Waals surface area contributed by atoms with E-state index in [4.69, 9.17) is 4.74 Å². The van der Waals surface area contributed by atoms with E-state index < -0.39 is 17.7 Å². The van der Waals surface area contributed by atoms with Crippen LogP contribution in [0.3, 0.4) is 0 Å². The molecule has 1 atom stereocenters. The van der Waals surface area contributed by atoms with Crippen LogP contribution in [0, 0.1) is 6.92 Å². The first kappa shape index (κ1) is 22.6. The lowest BCUT2D eigenvalue weighted by Gasteiger charge is -2.25. The van der Waals surface area contributed by atoms with Gasteiger partial charge in [-0.15, -0.1) is 0 Å². The van der Waals surface area contributed by atoms with Crippen LogP contribution < -0.4 is 9.64 Å². The number of ether oxygens (including phenoxy) is 1. The fraction of sp³-hybridized carbons (Fsp3) is 0.360. The summed E-state index contributed by atoms with van der Waals surface area (Å²) in [6.45, 7) is 5.06. The molecule has 1 aliphatic heterocycles. The summed E-state index contributed by atoms with van der Waals surface area (Å²) in [7, 11) is 5.59. The van der Waals surface area contributed by atoms with Crippen molar-refractivity contribution >= 4 is 17.4 Å². The molecule has 2 aromatic rings. The van der Waals surface area contributed by atoms with Gasteiger partial charge >= 0.3 is 0 Å². The highest BCUT2D eigenvalue weighted by Gasteiger charge is 2.46. The average Bonchev–Trinajstić information content (AvgIpc) is 3.01. The third kappa shape index (κ3) is 4.49. The van der Waals surface area contributed by atoms with Crippen molar-refractivity contribution in [1.29, 1.82) is 0 Å². The first-order valence-corrected chi connectivity index (χ1v) is 10.6. The van der Waals surface area contributed by atoms with E-state index in [1.165, 1.54) is 10.5 Å². The number of nitrogens with one attached hydrogen (secondary N) is 1. The molecule has 1 fully saturated rings. The van der Waals surface area contributed by atoms with Gasteiger partial charge in [-0.25, -0.2) is 0 Å². The fourth-order valence-electron chi connectivity index (χ4n) is 3.92. The number of quaternary nitrogens is 1. The molecule has 1 aliphatic rings. The molecule has 0 aliphatic carbocycles. The molecule has 0 spiro atoms. The molecular weight excluding hydrogens is 392 g/mol. The van der Waals surface area contributed by atoms with Crippen molar-refractivity contribution in [3.05, 3.63) is 70.3 Å². The predicted molar refractivity (Wildman–Crippen MR) is 120 cm³/mol. The third-order valence-electron chi connectivity index (χ3n) is 5.76. The zero-order valence-corrected chi connectivity index (χ0v) is 18.9. The van der Waals surface area contributed by atoms with Crippen LogP contribution in [-0.2, 0) is 16.0 Å². The number of nitrogens with zero attached hydrogens (tertiary/aromatic N) is 1. The quantitative estimate of drug-likeness (QED) is 0.407. The van der Waals surface area contributed by atoms with E-state index in [9.17, 15) is 14.7 Å². The van der Waals surface area contributed by atoms with Gasteiger partial charge < -0.3 is 19.6 Å².